The monoisotopic (exact) mass is 727 g/mol. The number of benzene rings is 8. The minimum absolute atomic E-state index is 0.764. The summed E-state index contributed by atoms with van der Waals surface area (Å²) in [4.78, 5) is 10.4. The second-order valence-electron chi connectivity index (χ2n) is 14.7. The number of hydrogen-bond acceptors (Lipinski definition) is 2. The number of nitrogens with zero attached hydrogens (tertiary/aromatic N) is 5. The standard InChI is InChI=1S/C52H33N5/c1-4-14-34(15-5-1)36-24-26-47-41(28-36)42-29-37(35-16-6-2-7-17-35)25-27-48(42)56(47)51-32-53-33-52(54-51)57-46-23-13-11-21-40(46)44-30-49-43(31-50(44)57)39-20-10-12-22-45(39)55(49)38-18-8-3-9-19-38/h1-33H. The third-order valence-electron chi connectivity index (χ3n) is 11.5. The second kappa shape index (κ2) is 12.4. The molecule has 0 fully saturated rings. The van der Waals surface area contributed by atoms with Crippen molar-refractivity contribution in [1.29, 1.82) is 0 Å². The molecular weight excluding hydrogens is 695 g/mol. The first-order valence-electron chi connectivity index (χ1n) is 19.3. The predicted octanol–water partition coefficient (Wildman–Crippen LogP) is 13.1. The Hall–Kier alpha value is -7.76. The van der Waals surface area contributed by atoms with Gasteiger partial charge in [-0.25, -0.2) is 4.98 Å². The van der Waals surface area contributed by atoms with Gasteiger partial charge < -0.3 is 4.57 Å². The van der Waals surface area contributed by atoms with E-state index < -0.39 is 0 Å². The lowest BCUT2D eigenvalue weighted by atomic mass is 10.0. The molecular formula is C52H33N5. The molecule has 4 aromatic heterocycles. The number of rotatable bonds is 5. The van der Waals surface area contributed by atoms with Crippen molar-refractivity contribution in [3.05, 3.63) is 200 Å². The van der Waals surface area contributed by atoms with Gasteiger partial charge in [0.15, 0.2) is 11.6 Å². The summed E-state index contributed by atoms with van der Waals surface area (Å²) >= 11 is 0. The Balaban J connectivity index is 1.10. The minimum atomic E-state index is 0.764. The normalized spacial score (nSPS) is 11.9. The van der Waals surface area contributed by atoms with Crippen LogP contribution in [0.3, 0.4) is 0 Å². The molecule has 12 rings (SSSR count). The maximum Gasteiger partial charge on any atom is 0.158 e. The molecule has 266 valence electrons. The quantitative estimate of drug-likeness (QED) is 0.177. The maximum absolute atomic E-state index is 5.47. The number of hydrogen-bond donors (Lipinski definition) is 0. The molecule has 0 N–H and O–H groups in total. The zero-order valence-corrected chi connectivity index (χ0v) is 30.8. The van der Waals surface area contributed by atoms with Crippen LogP contribution in [0.4, 0.5) is 0 Å². The third-order valence-corrected chi connectivity index (χ3v) is 11.5. The lowest BCUT2D eigenvalue weighted by Crippen LogP contribution is -2.04. The fourth-order valence-corrected chi connectivity index (χ4v) is 8.98. The highest BCUT2D eigenvalue weighted by atomic mass is 15.2. The van der Waals surface area contributed by atoms with Gasteiger partial charge in [-0.1, -0.05) is 127 Å². The molecule has 5 heteroatoms. The van der Waals surface area contributed by atoms with Crippen molar-refractivity contribution in [2.45, 2.75) is 0 Å². The summed E-state index contributed by atoms with van der Waals surface area (Å²) in [6.07, 6.45) is 3.78. The van der Waals surface area contributed by atoms with Crippen molar-refractivity contribution in [2.75, 3.05) is 0 Å². The molecule has 0 unspecified atom stereocenters. The Kier molecular flexibility index (Phi) is 6.86. The molecule has 0 aliphatic heterocycles. The van der Waals surface area contributed by atoms with E-state index in [2.05, 4.69) is 202 Å². The molecule has 0 spiro atoms. The molecule has 57 heavy (non-hydrogen) atoms. The van der Waals surface area contributed by atoms with Gasteiger partial charge in [-0.15, -0.1) is 0 Å². The summed E-state index contributed by atoms with van der Waals surface area (Å²) in [6.45, 7) is 0. The van der Waals surface area contributed by atoms with Crippen molar-refractivity contribution < 1.29 is 0 Å². The predicted molar refractivity (Wildman–Crippen MR) is 236 cm³/mol. The average molecular weight is 728 g/mol. The van der Waals surface area contributed by atoms with Crippen LogP contribution in [0.25, 0.3) is 105 Å². The lowest BCUT2D eigenvalue weighted by molar-refractivity contribution is 0.979. The highest BCUT2D eigenvalue weighted by Gasteiger charge is 2.21. The van der Waals surface area contributed by atoms with E-state index in [1.165, 1.54) is 65.6 Å². The molecule has 0 saturated carbocycles. The number of para-hydroxylation sites is 3. The van der Waals surface area contributed by atoms with Crippen LogP contribution in [0.5, 0.6) is 0 Å². The van der Waals surface area contributed by atoms with Crippen molar-refractivity contribution in [3.63, 3.8) is 0 Å². The van der Waals surface area contributed by atoms with Crippen molar-refractivity contribution in [1.82, 2.24) is 23.7 Å². The van der Waals surface area contributed by atoms with Gasteiger partial charge in [-0.05, 0) is 82.9 Å². The summed E-state index contributed by atoms with van der Waals surface area (Å²) in [6, 6.07) is 67.4. The molecule has 0 atom stereocenters. The molecule has 0 amide bonds. The van der Waals surface area contributed by atoms with Gasteiger partial charge in [0.25, 0.3) is 0 Å². The molecule has 0 bridgehead atoms. The Morgan fingerprint density at radius 3 is 1.23 bits per heavy atom. The SMILES string of the molecule is c1ccc(-c2ccc3c(c2)c2cc(-c4ccccc4)ccc2n3-c2cncc(-n3c4ccccc4c4cc5c(cc43)c3ccccc3n5-c3ccccc3)n2)cc1. The van der Waals surface area contributed by atoms with Crippen LogP contribution in [0, 0.1) is 0 Å². The third kappa shape index (κ3) is 4.82. The van der Waals surface area contributed by atoms with Gasteiger partial charge in [0.2, 0.25) is 0 Å². The first kappa shape index (κ1) is 31.6. The molecule has 12 aromatic rings. The number of fused-ring (bicyclic) bond motifs is 9. The first-order valence-corrected chi connectivity index (χ1v) is 19.3. The Morgan fingerprint density at radius 2 is 0.684 bits per heavy atom. The Morgan fingerprint density at radius 1 is 0.281 bits per heavy atom. The van der Waals surface area contributed by atoms with Crippen LogP contribution in [0.1, 0.15) is 0 Å². The van der Waals surface area contributed by atoms with Crippen LogP contribution >= 0.6 is 0 Å². The zero-order valence-electron chi connectivity index (χ0n) is 30.8. The molecule has 0 aliphatic carbocycles. The molecule has 0 saturated heterocycles. The van der Waals surface area contributed by atoms with Gasteiger partial charge in [-0.3, -0.25) is 14.1 Å². The van der Waals surface area contributed by atoms with Crippen LogP contribution in [-0.4, -0.2) is 23.7 Å². The van der Waals surface area contributed by atoms with E-state index in [1.807, 2.05) is 12.4 Å². The van der Waals surface area contributed by atoms with Gasteiger partial charge in [0.1, 0.15) is 0 Å². The number of aromatic nitrogens is 5. The summed E-state index contributed by atoms with van der Waals surface area (Å²) in [7, 11) is 0. The van der Waals surface area contributed by atoms with Crippen molar-refractivity contribution >= 4 is 65.4 Å². The van der Waals surface area contributed by atoms with E-state index in [0.29, 0.717) is 0 Å². The van der Waals surface area contributed by atoms with Gasteiger partial charge in [0.05, 0.1) is 45.5 Å². The van der Waals surface area contributed by atoms with Gasteiger partial charge >= 0.3 is 0 Å². The highest BCUT2D eigenvalue weighted by molar-refractivity contribution is 6.19. The topological polar surface area (TPSA) is 40.6 Å². The van der Waals surface area contributed by atoms with Crippen LogP contribution in [0.2, 0.25) is 0 Å². The van der Waals surface area contributed by atoms with Gasteiger partial charge in [-0.2, -0.15) is 0 Å². The first-order chi connectivity index (χ1) is 28.3. The van der Waals surface area contributed by atoms with E-state index in [9.17, 15) is 0 Å². The van der Waals surface area contributed by atoms with E-state index in [1.54, 1.807) is 0 Å². The van der Waals surface area contributed by atoms with E-state index in [4.69, 9.17) is 9.97 Å². The molecule has 0 radical (unpaired) electrons. The lowest BCUT2D eigenvalue weighted by Gasteiger charge is -2.11. The molecule has 8 aromatic carbocycles. The summed E-state index contributed by atoms with van der Waals surface area (Å²) in [5.41, 5.74) is 12.6. The van der Waals surface area contributed by atoms with Crippen LogP contribution in [-0.2, 0) is 0 Å². The smallest absolute Gasteiger partial charge is 0.158 e. The van der Waals surface area contributed by atoms with E-state index in [0.717, 1.165) is 39.4 Å². The Labute approximate surface area is 328 Å². The Bertz CT molecular complexity index is 3410. The fourth-order valence-electron chi connectivity index (χ4n) is 8.98. The molecule has 5 nitrogen and oxygen atoms in total. The van der Waals surface area contributed by atoms with E-state index >= 15 is 0 Å². The fraction of sp³-hybridized carbons (Fsp3) is 0. The van der Waals surface area contributed by atoms with Crippen molar-refractivity contribution in [2.24, 2.45) is 0 Å². The average Bonchev–Trinajstić information content (AvgIpc) is 3.91. The summed E-state index contributed by atoms with van der Waals surface area (Å²) in [5.74, 6) is 1.53. The second-order valence-corrected chi connectivity index (χ2v) is 14.7. The maximum atomic E-state index is 5.47. The summed E-state index contributed by atoms with van der Waals surface area (Å²) in [5, 5.41) is 7.09. The molecule has 4 heterocycles. The minimum Gasteiger partial charge on any atom is -0.309 e. The van der Waals surface area contributed by atoms with E-state index in [-0.39, 0.29) is 0 Å². The zero-order chi connectivity index (χ0) is 37.5. The van der Waals surface area contributed by atoms with Crippen molar-refractivity contribution in [3.8, 4) is 39.6 Å². The van der Waals surface area contributed by atoms with Gasteiger partial charge in [0, 0.05) is 38.0 Å². The largest absolute Gasteiger partial charge is 0.309 e. The highest BCUT2D eigenvalue weighted by Crippen LogP contribution is 2.40. The molecule has 0 aliphatic rings. The summed E-state index contributed by atoms with van der Waals surface area (Å²) < 4.78 is 6.93. The van der Waals surface area contributed by atoms with Crippen LogP contribution in [0.15, 0.2) is 200 Å². The van der Waals surface area contributed by atoms with Crippen LogP contribution < -0.4 is 0 Å².